The predicted molar refractivity (Wildman–Crippen MR) is 324 cm³/mol. The van der Waals surface area contributed by atoms with Gasteiger partial charge in [0.05, 0.1) is 29.9 Å². The van der Waals surface area contributed by atoms with Gasteiger partial charge in [0.15, 0.2) is 5.43 Å². The Kier molecular flexibility index (Phi) is 20.0. The number of thioether (sulfide) groups is 2. The van der Waals surface area contributed by atoms with Crippen molar-refractivity contribution in [3.8, 4) is 39.3 Å². The van der Waals surface area contributed by atoms with Crippen LogP contribution in [-0.2, 0) is 23.9 Å². The quantitative estimate of drug-likeness (QED) is 0.0150. The van der Waals surface area contributed by atoms with E-state index in [-0.39, 0.29) is 101 Å². The summed E-state index contributed by atoms with van der Waals surface area (Å²) in [5, 5.41) is 43.7. The number of nitrogens with one attached hydrogen (secondary N) is 8. The normalized spacial score (nSPS) is 16.3. The molecule has 21 nitrogen and oxygen atoms in total. The van der Waals surface area contributed by atoms with Gasteiger partial charge in [-0.2, -0.15) is 11.8 Å². The maximum absolute atomic E-state index is 14.0. The Labute approximate surface area is 498 Å². The van der Waals surface area contributed by atoms with E-state index in [1.54, 1.807) is 19.9 Å². The number of aromatic hydroxyl groups is 1. The zero-order valence-electron chi connectivity index (χ0n) is 47.0. The van der Waals surface area contributed by atoms with E-state index in [0.717, 1.165) is 59.0 Å². The average Bonchev–Trinajstić information content (AvgIpc) is 3.67. The van der Waals surface area contributed by atoms with E-state index in [2.05, 4.69) is 42.5 Å². The lowest BCUT2D eigenvalue weighted by molar-refractivity contribution is -0.124. The van der Waals surface area contributed by atoms with Crippen LogP contribution in [0.2, 0.25) is 0 Å². The van der Waals surface area contributed by atoms with Gasteiger partial charge < -0.3 is 61.9 Å². The monoisotopic (exact) mass is 1200 g/mol. The minimum atomic E-state index is -1.33. The Morgan fingerprint density at radius 2 is 1.44 bits per heavy atom. The van der Waals surface area contributed by atoms with Crippen molar-refractivity contribution >= 4 is 82.1 Å². The topological polar surface area (TPSA) is 313 Å². The average molecular weight is 1200 g/mol. The third-order valence-electron chi connectivity index (χ3n) is 15.3. The number of amides is 8. The second-order valence-corrected chi connectivity index (χ2v) is 24.5. The molecule has 0 saturated carbocycles. The number of hydrogen-bond donors (Lipinski definition) is 10. The molecule has 8 amide bonds. The second-order valence-electron chi connectivity index (χ2n) is 21.6. The summed E-state index contributed by atoms with van der Waals surface area (Å²) >= 11 is 2.95. The van der Waals surface area contributed by atoms with Gasteiger partial charge >= 0.3 is 18.1 Å². The van der Waals surface area contributed by atoms with Crippen molar-refractivity contribution in [2.24, 2.45) is 0 Å². The highest BCUT2D eigenvalue weighted by Crippen LogP contribution is 2.45. The van der Waals surface area contributed by atoms with Crippen LogP contribution in [0, 0.1) is 0 Å². The van der Waals surface area contributed by atoms with Gasteiger partial charge in [-0.15, -0.1) is 11.8 Å². The molecule has 9 rings (SSSR count). The summed E-state index contributed by atoms with van der Waals surface area (Å²) in [5.41, 5.74) is 4.94. The molecule has 2 fully saturated rings. The number of urea groups is 1. The SMILES string of the molecule is CC(C)(SCC(=O)NCC(=O)NCCNC(=O)c1ccc(-c2c3ccc(=O)cc-3oc3cc(O)ccc23)c(C(=O)O)c1)[C@H](NC(=O)OCC1c2ccccc2-c2ccccc21)C(=O)NCCCCCNC(=O)CCCC[C@@H]1SCC2NC(=O)N[C@@H]21. The van der Waals surface area contributed by atoms with E-state index in [4.69, 9.17) is 9.15 Å². The van der Waals surface area contributed by atoms with E-state index >= 15 is 0 Å². The van der Waals surface area contributed by atoms with Gasteiger partial charge in [0, 0.05) is 88.5 Å². The van der Waals surface area contributed by atoms with Crippen LogP contribution < -0.4 is 48.0 Å². The summed E-state index contributed by atoms with van der Waals surface area (Å²) in [5.74, 6) is -2.98. The minimum Gasteiger partial charge on any atom is -0.508 e. The van der Waals surface area contributed by atoms with Gasteiger partial charge in [-0.3, -0.25) is 28.8 Å². The highest BCUT2D eigenvalue weighted by molar-refractivity contribution is 8.01. The molecule has 0 bridgehead atoms. The Hall–Kier alpha value is -8.57. The maximum Gasteiger partial charge on any atom is 0.407 e. The second kappa shape index (κ2) is 27.9. The van der Waals surface area contributed by atoms with E-state index in [1.807, 2.05) is 60.3 Å². The van der Waals surface area contributed by atoms with Crippen LogP contribution in [0.15, 0.2) is 112 Å². The lowest BCUT2D eigenvalue weighted by Gasteiger charge is -2.33. The third kappa shape index (κ3) is 15.2. The number of carbonyl (C=O) groups is 8. The van der Waals surface area contributed by atoms with Crippen LogP contribution in [0.25, 0.3) is 44.5 Å². The molecule has 0 radical (unpaired) electrons. The van der Waals surface area contributed by atoms with Crippen molar-refractivity contribution < 1.29 is 57.7 Å². The van der Waals surface area contributed by atoms with Crippen molar-refractivity contribution in [2.45, 2.75) is 92.8 Å². The molecule has 10 N–H and O–H groups in total. The Balaban J connectivity index is 0.723. The zero-order chi connectivity index (χ0) is 60.2. The molecule has 3 heterocycles. The third-order valence-corrected chi connectivity index (χ3v) is 18.2. The molecule has 4 aromatic rings. The van der Waals surface area contributed by atoms with Gasteiger partial charge in [0.2, 0.25) is 23.6 Å². The van der Waals surface area contributed by atoms with E-state index in [0.29, 0.717) is 54.0 Å². The summed E-state index contributed by atoms with van der Waals surface area (Å²) in [6, 6.07) is 27.5. The van der Waals surface area contributed by atoms with Crippen LogP contribution in [0.3, 0.4) is 0 Å². The van der Waals surface area contributed by atoms with Crippen molar-refractivity contribution in [1.29, 1.82) is 0 Å². The van der Waals surface area contributed by atoms with Crippen LogP contribution in [0.5, 0.6) is 5.75 Å². The number of fused-ring (bicyclic) bond motifs is 6. The number of hydrogen-bond acceptors (Lipinski definition) is 14. The molecule has 2 aliphatic carbocycles. The number of unbranched alkanes of at least 4 members (excludes halogenated alkanes) is 3. The number of rotatable bonds is 27. The molecular weight excluding hydrogens is 1130 g/mol. The number of alkyl carbamates (subject to hydrolysis) is 1. The largest absolute Gasteiger partial charge is 0.508 e. The number of aromatic carboxylic acids is 1. The number of carbonyl (C=O) groups excluding carboxylic acids is 7. The first kappa shape index (κ1) is 61.0. The molecule has 3 aliphatic heterocycles. The lowest BCUT2D eigenvalue weighted by Crippen LogP contribution is -2.57. The fourth-order valence-corrected chi connectivity index (χ4v) is 13.5. The van der Waals surface area contributed by atoms with Crippen molar-refractivity contribution in [3.63, 3.8) is 0 Å². The molecule has 23 heteroatoms. The number of ether oxygens (including phenoxy) is 1. The Morgan fingerprint density at radius 3 is 2.19 bits per heavy atom. The fraction of sp³-hybridized carbons (Fsp3) is 0.371. The van der Waals surface area contributed by atoms with Gasteiger partial charge in [-0.25, -0.2) is 14.4 Å². The van der Waals surface area contributed by atoms with Crippen LogP contribution in [0.4, 0.5) is 9.59 Å². The van der Waals surface area contributed by atoms with Crippen molar-refractivity contribution in [2.75, 3.05) is 50.8 Å². The summed E-state index contributed by atoms with van der Waals surface area (Å²) in [7, 11) is 0. The number of carboxylic acids is 1. The number of phenols is 1. The van der Waals surface area contributed by atoms with Crippen LogP contribution in [-0.4, -0.2) is 137 Å². The highest BCUT2D eigenvalue weighted by Gasteiger charge is 2.43. The summed E-state index contributed by atoms with van der Waals surface area (Å²) in [6.45, 7) is 3.74. The van der Waals surface area contributed by atoms with Gasteiger partial charge in [-0.05, 0) is 110 Å². The first-order chi connectivity index (χ1) is 40.9. The predicted octanol–water partition coefficient (Wildman–Crippen LogP) is 6.48. The molecule has 4 atom stereocenters. The van der Waals surface area contributed by atoms with Crippen LogP contribution >= 0.6 is 23.5 Å². The number of benzene rings is 5. The molecule has 5 aliphatic rings. The Bertz CT molecular complexity index is 3490. The number of carboxylic acid groups (broad SMARTS) is 1. The van der Waals surface area contributed by atoms with E-state index in [9.17, 15) is 53.4 Å². The Morgan fingerprint density at radius 1 is 0.729 bits per heavy atom. The molecule has 85 heavy (non-hydrogen) atoms. The van der Waals surface area contributed by atoms with Gasteiger partial charge in [-0.1, -0.05) is 61.0 Å². The lowest BCUT2D eigenvalue weighted by atomic mass is 9.90. The molecular formula is C62H68N8O13S2. The first-order valence-electron chi connectivity index (χ1n) is 28.3. The summed E-state index contributed by atoms with van der Waals surface area (Å²) in [6.07, 6.45) is 4.21. The summed E-state index contributed by atoms with van der Waals surface area (Å²) in [4.78, 5) is 116. The highest BCUT2D eigenvalue weighted by atomic mass is 32.2. The van der Waals surface area contributed by atoms with E-state index in [1.165, 1.54) is 48.5 Å². The van der Waals surface area contributed by atoms with Crippen LogP contribution in [0.1, 0.15) is 96.6 Å². The first-order valence-corrected chi connectivity index (χ1v) is 30.3. The smallest absolute Gasteiger partial charge is 0.407 e. The van der Waals surface area contributed by atoms with E-state index < -0.39 is 53.0 Å². The molecule has 446 valence electrons. The fourth-order valence-electron chi connectivity index (χ4n) is 11.0. The molecule has 2 saturated heterocycles. The minimum absolute atomic E-state index is 0.0136. The maximum atomic E-state index is 14.0. The van der Waals surface area contributed by atoms with Crippen molar-refractivity contribution in [1.82, 2.24) is 42.5 Å². The van der Waals surface area contributed by atoms with Crippen molar-refractivity contribution in [3.05, 3.63) is 136 Å². The molecule has 0 aromatic heterocycles. The standard InChI is InChI=1S/C62H68N8O13S2/c1-62(2,85-34-53(75)67-31-52(74)64-26-27-66-57(76)35-18-21-42(45(28-35)59(78)79)54-43-22-19-36(71)29-48(43)83-49-30-37(72)20-23-44(49)54)56(70-61(81)82-32-46-40-14-6-4-12-38(40)39-13-5-7-15-41(39)46)58(77)65-25-11-3-10-24-63-51(73)17-9-8-16-50-55-47(33-84-50)68-60(80)69-55/h4-7,12-15,18-23,28-30,46-47,50,55-56,71H,3,8-11,16-17,24-27,31-34H2,1-2H3,(H,63,73)(H,64,74)(H,65,77)(H,66,76)(H,67,75)(H,70,81)(H,78,79)(H2,68,69,80)/t47?,50-,55-,56+/m0/s1. The molecule has 4 aromatic carbocycles. The zero-order valence-corrected chi connectivity index (χ0v) is 48.6. The van der Waals surface area contributed by atoms with Gasteiger partial charge in [0.25, 0.3) is 5.91 Å². The van der Waals surface area contributed by atoms with Gasteiger partial charge in [0.1, 0.15) is 29.7 Å². The number of phenolic OH excluding ortho intramolecular Hbond substituents is 1. The summed E-state index contributed by atoms with van der Waals surface area (Å²) < 4.78 is 10.6. The molecule has 0 spiro atoms. The molecule has 1 unspecified atom stereocenters.